The van der Waals surface area contributed by atoms with Crippen LogP contribution in [0.2, 0.25) is 0 Å². The van der Waals surface area contributed by atoms with Crippen molar-refractivity contribution in [1.82, 2.24) is 4.57 Å². The minimum absolute atomic E-state index is 0.656. The van der Waals surface area contributed by atoms with Gasteiger partial charge in [-0.1, -0.05) is 26.2 Å². The van der Waals surface area contributed by atoms with E-state index in [9.17, 15) is 4.79 Å². The van der Waals surface area contributed by atoms with Gasteiger partial charge >= 0.3 is 0 Å². The highest BCUT2D eigenvalue weighted by atomic mass is 16.1. The number of hydrogen-bond donors (Lipinski definition) is 0. The predicted octanol–water partition coefficient (Wildman–Crippen LogP) is 2.42. The van der Waals surface area contributed by atoms with Gasteiger partial charge in [0.15, 0.2) is 0 Å². The van der Waals surface area contributed by atoms with Crippen LogP contribution in [0.3, 0.4) is 0 Å². The summed E-state index contributed by atoms with van der Waals surface area (Å²) in [5.41, 5.74) is 1.46. The lowest BCUT2D eigenvalue weighted by Crippen LogP contribution is -2.16. The third kappa shape index (κ3) is 5.49. The molecule has 1 heterocycles. The molecule has 1 aromatic rings. The molecule has 0 atom stereocenters. The summed E-state index contributed by atoms with van der Waals surface area (Å²) in [6.07, 6.45) is 15.1. The molecule has 0 bridgehead atoms. The highest BCUT2D eigenvalue weighted by molar-refractivity contribution is 5.74. The average Bonchev–Trinajstić information content (AvgIpc) is 2.40. The number of terminal acetylenes is 1. The van der Waals surface area contributed by atoms with Gasteiger partial charge in [-0.15, -0.1) is 12.8 Å². The maximum Gasteiger partial charge on any atom is 0.150 e. The van der Waals surface area contributed by atoms with Crippen molar-refractivity contribution in [2.45, 2.75) is 26.2 Å². The number of nitrogens with zero attached hydrogens (tertiary/aromatic N) is 2. The summed E-state index contributed by atoms with van der Waals surface area (Å²) < 4.78 is 1.85. The van der Waals surface area contributed by atoms with E-state index in [-0.39, 0.29) is 0 Å². The Morgan fingerprint density at radius 1 is 1.44 bits per heavy atom. The fourth-order valence-corrected chi connectivity index (χ4v) is 1.48. The summed E-state index contributed by atoms with van der Waals surface area (Å²) >= 11 is 0. The molecule has 98 valence electrons. The lowest BCUT2D eigenvalue weighted by Gasteiger charge is -2.18. The Balaban J connectivity index is 0.000000343. The Morgan fingerprint density at radius 3 is 2.33 bits per heavy atom. The minimum Gasteiger partial charge on any atom is -0.336 e. The summed E-state index contributed by atoms with van der Waals surface area (Å²) in [5, 5.41) is 0. The zero-order chi connectivity index (χ0) is 14.0. The molecular weight excluding hydrogens is 224 g/mol. The molecule has 2 rings (SSSR count). The molecule has 0 radical (unpaired) electrons. The van der Waals surface area contributed by atoms with E-state index in [4.69, 9.17) is 0 Å². The van der Waals surface area contributed by atoms with E-state index < -0.39 is 0 Å². The van der Waals surface area contributed by atoms with Crippen LogP contribution in [0.15, 0.2) is 23.3 Å². The third-order valence-electron chi connectivity index (χ3n) is 2.91. The Morgan fingerprint density at radius 2 is 2.00 bits per heavy atom. The molecule has 0 aromatic carbocycles. The Hall–Kier alpha value is -1.82. The van der Waals surface area contributed by atoms with Gasteiger partial charge in [0, 0.05) is 25.9 Å². The molecule has 1 aliphatic rings. The van der Waals surface area contributed by atoms with E-state index in [0.29, 0.717) is 5.56 Å². The summed E-state index contributed by atoms with van der Waals surface area (Å²) in [6, 6.07) is 3.49. The number of pyridine rings is 1. The highest BCUT2D eigenvalue weighted by Gasteiger charge is 2.09. The maximum atomic E-state index is 10.3. The van der Waals surface area contributed by atoms with Gasteiger partial charge in [0.05, 0.1) is 0 Å². The number of hydrogen-bond acceptors (Lipinski definition) is 2. The molecule has 1 aliphatic carbocycles. The van der Waals surface area contributed by atoms with E-state index in [1.807, 2.05) is 17.8 Å². The molecular formula is C15H22N2O. The van der Waals surface area contributed by atoms with Crippen molar-refractivity contribution in [3.8, 4) is 12.8 Å². The molecule has 1 aromatic heterocycles. The van der Waals surface area contributed by atoms with Gasteiger partial charge in [-0.3, -0.25) is 9.79 Å². The highest BCUT2D eigenvalue weighted by Crippen LogP contribution is 2.24. The molecule has 3 heteroatoms. The summed E-state index contributed by atoms with van der Waals surface area (Å²) in [6.45, 7) is 2.31. The van der Waals surface area contributed by atoms with Gasteiger partial charge in [-0.05, 0) is 18.1 Å². The summed E-state index contributed by atoms with van der Waals surface area (Å²) in [7, 11) is 3.58. The van der Waals surface area contributed by atoms with Crippen LogP contribution in [-0.2, 0) is 7.05 Å². The van der Waals surface area contributed by atoms with Crippen LogP contribution in [0, 0.1) is 18.8 Å². The van der Waals surface area contributed by atoms with Gasteiger partial charge in [0.25, 0.3) is 0 Å². The Bertz CT molecular complexity index is 439. The van der Waals surface area contributed by atoms with E-state index in [2.05, 4.69) is 24.8 Å². The molecule has 18 heavy (non-hydrogen) atoms. The topological polar surface area (TPSA) is 34.4 Å². The minimum atomic E-state index is 0.656. The maximum absolute atomic E-state index is 10.3. The Labute approximate surface area is 110 Å². The molecule has 1 saturated carbocycles. The van der Waals surface area contributed by atoms with Crippen molar-refractivity contribution in [3.63, 3.8) is 0 Å². The largest absolute Gasteiger partial charge is 0.336 e. The molecule has 3 nitrogen and oxygen atoms in total. The molecule has 0 aliphatic heterocycles. The zero-order valence-electron chi connectivity index (χ0n) is 11.5. The van der Waals surface area contributed by atoms with Crippen LogP contribution in [0.1, 0.15) is 36.5 Å². The first kappa shape index (κ1) is 16.2. The van der Waals surface area contributed by atoms with E-state index in [1.165, 1.54) is 19.3 Å². The normalized spacial score (nSPS) is 14.4. The lowest BCUT2D eigenvalue weighted by molar-refractivity contribution is 0.112. The van der Waals surface area contributed by atoms with Crippen LogP contribution < -0.4 is 5.49 Å². The number of rotatable bonds is 1. The van der Waals surface area contributed by atoms with Crippen molar-refractivity contribution in [3.05, 3.63) is 29.4 Å². The average molecular weight is 246 g/mol. The van der Waals surface area contributed by atoms with Crippen molar-refractivity contribution >= 4 is 6.29 Å². The second-order valence-corrected chi connectivity index (χ2v) is 4.31. The van der Waals surface area contributed by atoms with Crippen LogP contribution in [0.25, 0.3) is 0 Å². The predicted molar refractivity (Wildman–Crippen MR) is 75.2 cm³/mol. The fraction of sp³-hybridized carbons (Fsp3) is 0.467. The van der Waals surface area contributed by atoms with Crippen LogP contribution in [-0.4, -0.2) is 17.9 Å². The lowest BCUT2D eigenvalue weighted by atomic mass is 9.88. The van der Waals surface area contributed by atoms with E-state index in [1.54, 1.807) is 19.2 Å². The molecule has 0 amide bonds. The van der Waals surface area contributed by atoms with Crippen LogP contribution in [0.5, 0.6) is 0 Å². The van der Waals surface area contributed by atoms with Crippen LogP contribution in [0.4, 0.5) is 0 Å². The molecule has 0 N–H and O–H groups in total. The monoisotopic (exact) mass is 246 g/mol. The Kier molecular flexibility index (Phi) is 8.30. The van der Waals surface area contributed by atoms with Gasteiger partial charge in [0.2, 0.25) is 0 Å². The van der Waals surface area contributed by atoms with E-state index in [0.717, 1.165) is 17.7 Å². The summed E-state index contributed by atoms with van der Waals surface area (Å²) in [4.78, 5) is 14.3. The molecule has 0 saturated heterocycles. The van der Waals surface area contributed by atoms with Crippen molar-refractivity contribution in [2.75, 3.05) is 7.05 Å². The molecule has 0 spiro atoms. The number of carbonyl (C=O) groups is 1. The fourth-order valence-electron chi connectivity index (χ4n) is 1.48. The SMILES string of the molecule is C#C.CC1CCC1.CN=c1cc(C=O)ccn1C. The van der Waals surface area contributed by atoms with Crippen molar-refractivity contribution < 1.29 is 4.79 Å². The quantitative estimate of drug-likeness (QED) is 0.553. The number of carbonyl (C=O) groups excluding carboxylic acids is 1. The first-order chi connectivity index (χ1) is 8.67. The van der Waals surface area contributed by atoms with Crippen molar-refractivity contribution in [1.29, 1.82) is 0 Å². The standard InChI is InChI=1S/C8H10N2O.C5H10.C2H2/c1-9-8-5-7(6-11)3-4-10(8)2;1-5-3-2-4-5;1-2/h3-6H,1-2H3;5H,2-4H2,1H3;1-2H. The van der Waals surface area contributed by atoms with Gasteiger partial charge < -0.3 is 4.57 Å². The molecule has 0 unspecified atom stereocenters. The first-order valence-corrected chi connectivity index (χ1v) is 6.05. The number of aromatic nitrogens is 1. The van der Waals surface area contributed by atoms with Crippen LogP contribution >= 0.6 is 0 Å². The van der Waals surface area contributed by atoms with Gasteiger partial charge in [0.1, 0.15) is 11.8 Å². The second kappa shape index (κ2) is 9.23. The number of aldehydes is 1. The molecule has 1 fully saturated rings. The van der Waals surface area contributed by atoms with Gasteiger partial charge in [-0.25, -0.2) is 0 Å². The zero-order valence-corrected chi connectivity index (χ0v) is 11.5. The first-order valence-electron chi connectivity index (χ1n) is 6.05. The second-order valence-electron chi connectivity index (χ2n) is 4.31. The van der Waals surface area contributed by atoms with Gasteiger partial charge in [-0.2, -0.15) is 0 Å². The number of aryl methyl sites for hydroxylation is 1. The van der Waals surface area contributed by atoms with Crippen molar-refractivity contribution in [2.24, 2.45) is 18.0 Å². The third-order valence-corrected chi connectivity index (χ3v) is 2.91. The smallest absolute Gasteiger partial charge is 0.150 e. The summed E-state index contributed by atoms with van der Waals surface area (Å²) in [5.74, 6) is 1.06. The van der Waals surface area contributed by atoms with E-state index >= 15 is 0 Å².